The molecule has 4 nitrogen and oxygen atoms in total. The lowest BCUT2D eigenvalue weighted by Gasteiger charge is -2.19. The number of aryl methyl sites for hydroxylation is 2. The molecule has 0 aliphatic carbocycles. The van der Waals surface area contributed by atoms with E-state index in [9.17, 15) is 4.79 Å². The highest BCUT2D eigenvalue weighted by molar-refractivity contribution is 6.32. The number of carbonyl (C=O) groups is 1. The molecule has 0 saturated carbocycles. The average molecular weight is 502 g/mol. The first-order valence-corrected chi connectivity index (χ1v) is 13.3. The quantitative estimate of drug-likeness (QED) is 0.260. The molecule has 0 aliphatic rings. The molecule has 35 heavy (non-hydrogen) atoms. The van der Waals surface area contributed by atoms with E-state index in [1.54, 1.807) is 14.0 Å². The molecule has 0 unspecified atom stereocenters. The zero-order valence-corrected chi connectivity index (χ0v) is 23.7. The Morgan fingerprint density at radius 2 is 1.66 bits per heavy atom. The van der Waals surface area contributed by atoms with Crippen molar-refractivity contribution in [3.05, 3.63) is 58.7 Å². The summed E-state index contributed by atoms with van der Waals surface area (Å²) in [7, 11) is 1.65. The van der Waals surface area contributed by atoms with Crippen LogP contribution in [0.4, 0.5) is 0 Å². The molecule has 0 spiro atoms. The van der Waals surface area contributed by atoms with Crippen molar-refractivity contribution in [3.63, 3.8) is 0 Å². The van der Waals surface area contributed by atoms with Crippen molar-refractivity contribution in [1.82, 2.24) is 4.57 Å². The minimum Gasteiger partial charge on any atom is -0.497 e. The summed E-state index contributed by atoms with van der Waals surface area (Å²) in [6.07, 6.45) is 7.77. The number of benzene rings is 2. The summed E-state index contributed by atoms with van der Waals surface area (Å²) in [4.78, 5) is 11.6. The van der Waals surface area contributed by atoms with Gasteiger partial charge in [-0.05, 0) is 62.9 Å². The maximum atomic E-state index is 11.6. The van der Waals surface area contributed by atoms with E-state index >= 15 is 0 Å². The summed E-state index contributed by atoms with van der Waals surface area (Å²) < 4.78 is 13.3. The van der Waals surface area contributed by atoms with Gasteiger partial charge in [0.1, 0.15) is 11.5 Å². The van der Waals surface area contributed by atoms with Gasteiger partial charge < -0.3 is 14.0 Å². The van der Waals surface area contributed by atoms with Crippen LogP contribution >= 0.6 is 11.6 Å². The van der Waals surface area contributed by atoms with E-state index in [2.05, 4.69) is 32.3 Å². The number of Topliss-reactive ketones (excluding diaryl/α,β-unsaturated/α-hetero) is 1. The van der Waals surface area contributed by atoms with Crippen molar-refractivity contribution >= 4 is 28.3 Å². The van der Waals surface area contributed by atoms with Gasteiger partial charge in [0.2, 0.25) is 0 Å². The summed E-state index contributed by atoms with van der Waals surface area (Å²) in [6.45, 7) is 15.1. The number of nitrogens with zero attached hydrogens (tertiary/aromatic N) is 1. The molecule has 194 valence electrons. The maximum absolute atomic E-state index is 11.6. The van der Waals surface area contributed by atoms with Crippen LogP contribution < -0.4 is 9.47 Å². The number of halogens is 1. The van der Waals surface area contributed by atoms with Gasteiger partial charge in [0.05, 0.1) is 23.8 Å². The summed E-state index contributed by atoms with van der Waals surface area (Å²) in [6, 6.07) is 11.8. The van der Waals surface area contributed by atoms with Crippen LogP contribution in [0.25, 0.3) is 10.9 Å². The number of carbonyl (C=O) groups excluding carboxylic acids is 1. The number of aromatic nitrogens is 1. The van der Waals surface area contributed by atoms with Crippen LogP contribution in [0, 0.1) is 6.92 Å². The van der Waals surface area contributed by atoms with Gasteiger partial charge in [0.25, 0.3) is 0 Å². The molecule has 1 aromatic heterocycles. The number of hydrogen-bond acceptors (Lipinski definition) is 3. The van der Waals surface area contributed by atoms with Crippen LogP contribution in [0.2, 0.25) is 5.02 Å². The van der Waals surface area contributed by atoms with Crippen molar-refractivity contribution in [2.24, 2.45) is 0 Å². The number of ether oxygens (including phenoxy) is 2. The zero-order valence-electron chi connectivity index (χ0n) is 22.9. The number of ketones is 1. The third-order valence-electron chi connectivity index (χ3n) is 5.53. The van der Waals surface area contributed by atoms with Crippen LogP contribution in [0.1, 0.15) is 89.6 Å². The SMILES string of the molecule is CC.CCCC(CCC)Oc1cc(C)ccc1Cl.CCCn1cc(C(C)=O)c2ccc(OC)cc21. The molecule has 3 aromatic rings. The minimum atomic E-state index is 0.106. The molecular weight excluding hydrogens is 458 g/mol. The van der Waals surface area contributed by atoms with Gasteiger partial charge >= 0.3 is 0 Å². The summed E-state index contributed by atoms with van der Waals surface area (Å²) in [5, 5.41) is 1.72. The van der Waals surface area contributed by atoms with E-state index in [1.807, 2.05) is 56.4 Å². The second-order valence-electron chi connectivity index (χ2n) is 8.43. The molecule has 0 radical (unpaired) electrons. The zero-order chi connectivity index (χ0) is 26.4. The van der Waals surface area contributed by atoms with E-state index in [1.165, 1.54) is 5.56 Å². The molecule has 0 amide bonds. The Morgan fingerprint density at radius 1 is 1.00 bits per heavy atom. The van der Waals surface area contributed by atoms with E-state index < -0.39 is 0 Å². The standard InChI is InChI=1S/C14H21ClO.C14H17NO2.C2H6/c1-4-6-12(7-5-2)16-14-10-11(3)8-9-13(14)15;1-4-7-15-9-13(10(2)16)12-6-5-11(17-3)8-14(12)15;1-2/h8-10,12H,4-7H2,1-3H3;5-6,8-9H,4,7H2,1-3H3;1-2H3. The number of hydrogen-bond donors (Lipinski definition) is 0. The molecule has 0 saturated heterocycles. The smallest absolute Gasteiger partial charge is 0.161 e. The molecule has 0 atom stereocenters. The lowest BCUT2D eigenvalue weighted by atomic mass is 10.1. The van der Waals surface area contributed by atoms with E-state index in [4.69, 9.17) is 21.1 Å². The highest BCUT2D eigenvalue weighted by Gasteiger charge is 2.12. The Kier molecular flexibility index (Phi) is 14.2. The second-order valence-corrected chi connectivity index (χ2v) is 8.83. The highest BCUT2D eigenvalue weighted by atomic mass is 35.5. The van der Waals surface area contributed by atoms with Crippen LogP contribution in [0.5, 0.6) is 11.5 Å². The number of fused-ring (bicyclic) bond motifs is 1. The molecular formula is C30H44ClNO3. The topological polar surface area (TPSA) is 40.5 Å². The van der Waals surface area contributed by atoms with Crippen molar-refractivity contribution in [2.75, 3.05) is 7.11 Å². The van der Waals surface area contributed by atoms with Crippen LogP contribution in [0.3, 0.4) is 0 Å². The van der Waals surface area contributed by atoms with Gasteiger partial charge in [-0.25, -0.2) is 0 Å². The summed E-state index contributed by atoms with van der Waals surface area (Å²) >= 11 is 6.12. The van der Waals surface area contributed by atoms with Gasteiger partial charge in [0, 0.05) is 29.8 Å². The third-order valence-corrected chi connectivity index (χ3v) is 5.85. The van der Waals surface area contributed by atoms with Gasteiger partial charge in [-0.2, -0.15) is 0 Å². The van der Waals surface area contributed by atoms with Gasteiger partial charge in [-0.15, -0.1) is 0 Å². The van der Waals surface area contributed by atoms with Gasteiger partial charge in [-0.3, -0.25) is 4.79 Å². The fraction of sp³-hybridized carbons (Fsp3) is 0.500. The number of methoxy groups -OCH3 is 1. The molecule has 2 aromatic carbocycles. The molecule has 0 bridgehead atoms. The van der Waals surface area contributed by atoms with Crippen LogP contribution in [-0.2, 0) is 6.54 Å². The monoisotopic (exact) mass is 501 g/mol. The first-order chi connectivity index (χ1) is 16.8. The normalized spacial score (nSPS) is 10.3. The average Bonchev–Trinajstić information content (AvgIpc) is 3.21. The predicted octanol–water partition coefficient (Wildman–Crippen LogP) is 9.28. The van der Waals surface area contributed by atoms with Crippen molar-refractivity contribution in [2.45, 2.75) is 93.2 Å². The first kappa shape index (κ1) is 30.6. The molecule has 5 heteroatoms. The number of rotatable bonds is 10. The summed E-state index contributed by atoms with van der Waals surface area (Å²) in [5.41, 5.74) is 3.04. The first-order valence-electron chi connectivity index (χ1n) is 12.9. The Balaban J connectivity index is 0.000000328. The van der Waals surface area contributed by atoms with Crippen molar-refractivity contribution in [1.29, 1.82) is 0 Å². The van der Waals surface area contributed by atoms with Gasteiger partial charge in [-0.1, -0.05) is 65.1 Å². The fourth-order valence-corrected chi connectivity index (χ4v) is 4.05. The van der Waals surface area contributed by atoms with Gasteiger partial charge in [0.15, 0.2) is 5.78 Å². The molecule has 0 aliphatic heterocycles. The van der Waals surface area contributed by atoms with Crippen LogP contribution in [0.15, 0.2) is 42.6 Å². The Labute approximate surface area is 217 Å². The third kappa shape index (κ3) is 9.25. The Morgan fingerprint density at radius 3 is 2.20 bits per heavy atom. The maximum Gasteiger partial charge on any atom is 0.161 e. The predicted molar refractivity (Wildman–Crippen MR) is 151 cm³/mol. The lowest BCUT2D eigenvalue weighted by Crippen LogP contribution is -2.16. The van der Waals surface area contributed by atoms with Crippen LogP contribution in [-0.4, -0.2) is 23.6 Å². The lowest BCUT2D eigenvalue weighted by molar-refractivity contribution is 0.101. The molecule has 3 rings (SSSR count). The Hall–Kier alpha value is -2.46. The van der Waals surface area contributed by atoms with Crippen molar-refractivity contribution < 1.29 is 14.3 Å². The minimum absolute atomic E-state index is 0.106. The second kappa shape index (κ2) is 16.3. The van der Waals surface area contributed by atoms with Crippen molar-refractivity contribution in [3.8, 4) is 11.5 Å². The highest BCUT2D eigenvalue weighted by Crippen LogP contribution is 2.28. The van der Waals surface area contributed by atoms with E-state index in [-0.39, 0.29) is 5.78 Å². The van der Waals surface area contributed by atoms with E-state index in [0.29, 0.717) is 11.1 Å². The fourth-order valence-electron chi connectivity index (χ4n) is 3.89. The Bertz CT molecular complexity index is 1040. The molecule has 0 fully saturated rings. The molecule has 1 heterocycles. The van der Waals surface area contributed by atoms with E-state index in [0.717, 1.165) is 66.6 Å². The summed E-state index contributed by atoms with van der Waals surface area (Å²) in [5.74, 6) is 1.76. The largest absolute Gasteiger partial charge is 0.497 e. The molecule has 0 N–H and O–H groups in total.